The molecule has 166 valence electrons. The summed E-state index contributed by atoms with van der Waals surface area (Å²) in [4.78, 5) is 4.95. The molecule has 1 heterocycles. The highest BCUT2D eigenvalue weighted by Crippen LogP contribution is 2.45. The van der Waals surface area contributed by atoms with Crippen LogP contribution in [0.15, 0.2) is 66.7 Å². The molecule has 2 atom stereocenters. The molecule has 4 rings (SSSR count). The number of aliphatic hydroxyl groups is 1. The number of rotatable bonds is 6. The standard InChI is InChI=1S/C28H38N2O/c1-29(2)22-26-23-30(21-20-28(26,31)19-16-24-12-6-3-7-13-24)27(17-10-5-11-18-27)25-14-8-4-9-15-25/h3-4,6-9,12-16,19,26,31H,5,10-11,17-18,20-23H2,1-2H3. The second-order valence-corrected chi connectivity index (χ2v) is 9.85. The molecule has 1 aliphatic carbocycles. The highest BCUT2D eigenvalue weighted by molar-refractivity contribution is 5.50. The van der Waals surface area contributed by atoms with Crippen LogP contribution in [0.25, 0.3) is 6.08 Å². The van der Waals surface area contributed by atoms with E-state index in [0.29, 0.717) is 0 Å². The van der Waals surface area contributed by atoms with E-state index in [2.05, 4.69) is 90.6 Å². The smallest absolute Gasteiger partial charge is 0.0895 e. The van der Waals surface area contributed by atoms with Crippen LogP contribution in [0, 0.1) is 5.92 Å². The van der Waals surface area contributed by atoms with E-state index in [1.54, 1.807) is 0 Å². The first kappa shape index (κ1) is 22.3. The van der Waals surface area contributed by atoms with E-state index in [4.69, 9.17) is 0 Å². The van der Waals surface area contributed by atoms with Crippen LogP contribution in [0.3, 0.4) is 0 Å². The van der Waals surface area contributed by atoms with Gasteiger partial charge in [0.1, 0.15) is 0 Å². The van der Waals surface area contributed by atoms with Gasteiger partial charge in [-0.2, -0.15) is 0 Å². The van der Waals surface area contributed by atoms with Crippen molar-refractivity contribution in [3.8, 4) is 0 Å². The molecule has 2 fully saturated rings. The molecule has 0 radical (unpaired) electrons. The summed E-state index contributed by atoms with van der Waals surface area (Å²) in [6, 6.07) is 21.5. The first-order chi connectivity index (χ1) is 15.0. The van der Waals surface area contributed by atoms with E-state index >= 15 is 0 Å². The van der Waals surface area contributed by atoms with Crippen molar-refractivity contribution in [2.75, 3.05) is 33.7 Å². The molecule has 2 aliphatic rings. The summed E-state index contributed by atoms with van der Waals surface area (Å²) in [5.74, 6) is 0.179. The third-order valence-corrected chi connectivity index (χ3v) is 7.48. The summed E-state index contributed by atoms with van der Waals surface area (Å²) in [6.07, 6.45) is 11.3. The number of hydrogen-bond donors (Lipinski definition) is 1. The van der Waals surface area contributed by atoms with Crippen molar-refractivity contribution in [1.29, 1.82) is 0 Å². The fourth-order valence-corrected chi connectivity index (χ4v) is 5.78. The number of benzene rings is 2. The van der Waals surface area contributed by atoms with Crippen LogP contribution in [-0.4, -0.2) is 54.2 Å². The summed E-state index contributed by atoms with van der Waals surface area (Å²) in [7, 11) is 4.24. The van der Waals surface area contributed by atoms with Gasteiger partial charge in [0.2, 0.25) is 0 Å². The van der Waals surface area contributed by atoms with E-state index in [1.807, 2.05) is 6.07 Å². The molecule has 1 saturated heterocycles. The molecule has 0 aromatic heterocycles. The normalized spacial score (nSPS) is 27.0. The molecule has 1 aliphatic heterocycles. The lowest BCUT2D eigenvalue weighted by atomic mass is 9.71. The molecule has 1 saturated carbocycles. The van der Waals surface area contributed by atoms with Crippen LogP contribution in [0.4, 0.5) is 0 Å². The first-order valence-corrected chi connectivity index (χ1v) is 11.9. The van der Waals surface area contributed by atoms with Gasteiger partial charge in [0.05, 0.1) is 5.60 Å². The zero-order chi connectivity index (χ0) is 21.7. The predicted octanol–water partition coefficient (Wildman–Crippen LogP) is 5.17. The van der Waals surface area contributed by atoms with Crippen molar-refractivity contribution in [2.45, 2.75) is 49.7 Å². The van der Waals surface area contributed by atoms with E-state index in [-0.39, 0.29) is 11.5 Å². The van der Waals surface area contributed by atoms with E-state index in [9.17, 15) is 5.11 Å². The molecule has 0 amide bonds. The number of likely N-dealkylation sites (tertiary alicyclic amines) is 1. The fourth-order valence-electron chi connectivity index (χ4n) is 5.78. The van der Waals surface area contributed by atoms with Gasteiger partial charge in [0.15, 0.2) is 0 Å². The van der Waals surface area contributed by atoms with Gasteiger partial charge in [-0.1, -0.05) is 92.1 Å². The molecule has 0 bridgehead atoms. The minimum Gasteiger partial charge on any atom is -0.385 e. The van der Waals surface area contributed by atoms with Crippen LogP contribution in [0.1, 0.15) is 49.7 Å². The molecular weight excluding hydrogens is 380 g/mol. The number of nitrogens with zero attached hydrogens (tertiary/aromatic N) is 2. The van der Waals surface area contributed by atoms with Gasteiger partial charge in [0.25, 0.3) is 0 Å². The SMILES string of the molecule is CN(C)CC1CN(C2(c3ccccc3)CCCCC2)CCC1(O)C=Cc1ccccc1. The van der Waals surface area contributed by atoms with Gasteiger partial charge < -0.3 is 10.0 Å². The lowest BCUT2D eigenvalue weighted by Gasteiger charge is -2.53. The van der Waals surface area contributed by atoms with Crippen molar-refractivity contribution in [2.24, 2.45) is 5.92 Å². The largest absolute Gasteiger partial charge is 0.385 e. The summed E-state index contributed by atoms with van der Waals surface area (Å²) >= 11 is 0. The van der Waals surface area contributed by atoms with Gasteiger partial charge >= 0.3 is 0 Å². The van der Waals surface area contributed by atoms with Crippen molar-refractivity contribution in [1.82, 2.24) is 9.80 Å². The monoisotopic (exact) mass is 418 g/mol. The lowest BCUT2D eigenvalue weighted by molar-refractivity contribution is -0.0834. The Labute approximate surface area is 188 Å². The average molecular weight is 419 g/mol. The minimum atomic E-state index is -0.775. The summed E-state index contributed by atoms with van der Waals surface area (Å²) in [5.41, 5.74) is 1.95. The zero-order valence-electron chi connectivity index (χ0n) is 19.2. The Morgan fingerprint density at radius 1 is 0.935 bits per heavy atom. The predicted molar refractivity (Wildman–Crippen MR) is 130 cm³/mol. The minimum absolute atomic E-state index is 0.120. The third kappa shape index (κ3) is 4.95. The van der Waals surface area contributed by atoms with Crippen molar-refractivity contribution in [3.05, 3.63) is 77.9 Å². The molecular formula is C28H38N2O. The molecule has 1 N–H and O–H groups in total. The Balaban J connectivity index is 1.61. The summed E-state index contributed by atoms with van der Waals surface area (Å²) < 4.78 is 0. The maximum Gasteiger partial charge on any atom is 0.0895 e. The molecule has 0 spiro atoms. The van der Waals surface area contributed by atoms with Gasteiger partial charge in [-0.15, -0.1) is 0 Å². The maximum atomic E-state index is 11.8. The lowest BCUT2D eigenvalue weighted by Crippen LogP contribution is -2.59. The molecule has 31 heavy (non-hydrogen) atoms. The summed E-state index contributed by atoms with van der Waals surface area (Å²) in [5, 5.41) is 11.8. The Morgan fingerprint density at radius 3 is 2.23 bits per heavy atom. The van der Waals surface area contributed by atoms with Crippen LogP contribution in [0.5, 0.6) is 0 Å². The van der Waals surface area contributed by atoms with Crippen LogP contribution < -0.4 is 0 Å². The van der Waals surface area contributed by atoms with E-state index < -0.39 is 5.60 Å². The zero-order valence-corrected chi connectivity index (χ0v) is 19.2. The van der Waals surface area contributed by atoms with Gasteiger partial charge in [-0.25, -0.2) is 0 Å². The van der Waals surface area contributed by atoms with Gasteiger partial charge in [-0.05, 0) is 44.5 Å². The Bertz CT molecular complexity index is 842. The molecule has 2 aromatic rings. The molecule has 3 heteroatoms. The number of piperidine rings is 1. The van der Waals surface area contributed by atoms with Crippen LogP contribution in [0.2, 0.25) is 0 Å². The molecule has 3 nitrogen and oxygen atoms in total. The Hall–Kier alpha value is -1.94. The van der Waals surface area contributed by atoms with Crippen molar-refractivity contribution in [3.63, 3.8) is 0 Å². The second kappa shape index (κ2) is 9.68. The highest BCUT2D eigenvalue weighted by atomic mass is 16.3. The Kier molecular flexibility index (Phi) is 6.95. The average Bonchev–Trinajstić information content (AvgIpc) is 2.81. The van der Waals surface area contributed by atoms with Crippen molar-refractivity contribution >= 4 is 6.08 Å². The van der Waals surface area contributed by atoms with Gasteiger partial charge in [0, 0.05) is 31.1 Å². The number of hydrogen-bond acceptors (Lipinski definition) is 3. The molecule has 2 aromatic carbocycles. The van der Waals surface area contributed by atoms with Gasteiger partial charge in [-0.3, -0.25) is 4.90 Å². The van der Waals surface area contributed by atoms with Crippen LogP contribution in [-0.2, 0) is 5.54 Å². The third-order valence-electron chi connectivity index (χ3n) is 7.48. The topological polar surface area (TPSA) is 26.7 Å². The van der Waals surface area contributed by atoms with E-state index in [1.165, 1.54) is 37.7 Å². The maximum absolute atomic E-state index is 11.8. The van der Waals surface area contributed by atoms with Crippen LogP contribution >= 0.6 is 0 Å². The second-order valence-electron chi connectivity index (χ2n) is 9.85. The quantitative estimate of drug-likeness (QED) is 0.701. The summed E-state index contributed by atoms with van der Waals surface area (Å²) in [6.45, 7) is 2.76. The fraction of sp³-hybridized carbons (Fsp3) is 0.500. The van der Waals surface area contributed by atoms with Crippen molar-refractivity contribution < 1.29 is 5.11 Å². The first-order valence-electron chi connectivity index (χ1n) is 11.9. The molecule has 2 unspecified atom stereocenters. The highest BCUT2D eigenvalue weighted by Gasteiger charge is 2.47. The Morgan fingerprint density at radius 2 is 1.58 bits per heavy atom. The van der Waals surface area contributed by atoms with E-state index in [0.717, 1.165) is 31.6 Å².